The maximum Gasteiger partial charge on any atom is 0.342 e. The molecule has 1 aromatic heterocycles. The zero-order valence-corrected chi connectivity index (χ0v) is 13.5. The van der Waals surface area contributed by atoms with E-state index in [9.17, 15) is 9.59 Å². The fourth-order valence-corrected chi connectivity index (χ4v) is 2.50. The second-order valence-corrected chi connectivity index (χ2v) is 5.49. The van der Waals surface area contributed by atoms with Gasteiger partial charge in [0.15, 0.2) is 0 Å². The highest BCUT2D eigenvalue weighted by molar-refractivity contribution is 5.92. The SMILES string of the molecule is COc1ccccc1C(=O)OCc1cc2ccc(C)cc2[nH]c1=O. The second-order valence-electron chi connectivity index (χ2n) is 5.49. The molecule has 0 aliphatic rings. The molecule has 0 unspecified atom stereocenters. The van der Waals surface area contributed by atoms with Crippen molar-refractivity contribution >= 4 is 16.9 Å². The number of carbonyl (C=O) groups is 1. The number of esters is 1. The minimum Gasteiger partial charge on any atom is -0.496 e. The lowest BCUT2D eigenvalue weighted by molar-refractivity contribution is 0.0468. The average Bonchev–Trinajstić information content (AvgIpc) is 2.59. The van der Waals surface area contributed by atoms with Crippen molar-refractivity contribution in [2.24, 2.45) is 0 Å². The molecule has 0 spiro atoms. The van der Waals surface area contributed by atoms with Crippen LogP contribution >= 0.6 is 0 Å². The summed E-state index contributed by atoms with van der Waals surface area (Å²) >= 11 is 0. The van der Waals surface area contributed by atoms with E-state index in [-0.39, 0.29) is 12.2 Å². The van der Waals surface area contributed by atoms with Crippen LogP contribution in [0, 0.1) is 6.92 Å². The van der Waals surface area contributed by atoms with Crippen LogP contribution in [0.25, 0.3) is 10.9 Å². The molecule has 1 N–H and O–H groups in total. The van der Waals surface area contributed by atoms with Gasteiger partial charge in [-0.25, -0.2) is 4.79 Å². The Kier molecular flexibility index (Phi) is 4.33. The summed E-state index contributed by atoms with van der Waals surface area (Å²) in [6, 6.07) is 14.3. The van der Waals surface area contributed by atoms with Crippen molar-refractivity contribution in [1.82, 2.24) is 4.98 Å². The molecule has 0 atom stereocenters. The Hall–Kier alpha value is -3.08. The zero-order chi connectivity index (χ0) is 17.1. The first-order valence-electron chi connectivity index (χ1n) is 7.51. The summed E-state index contributed by atoms with van der Waals surface area (Å²) in [5.41, 5.74) is 2.29. The molecule has 0 radical (unpaired) electrons. The number of aromatic nitrogens is 1. The Morgan fingerprint density at radius 3 is 2.71 bits per heavy atom. The average molecular weight is 323 g/mol. The molecule has 0 fully saturated rings. The van der Waals surface area contributed by atoms with Gasteiger partial charge >= 0.3 is 5.97 Å². The maximum absolute atomic E-state index is 12.2. The lowest BCUT2D eigenvalue weighted by atomic mass is 10.1. The number of fused-ring (bicyclic) bond motifs is 1. The number of rotatable bonds is 4. The molecule has 3 aromatic rings. The molecule has 0 bridgehead atoms. The van der Waals surface area contributed by atoms with Gasteiger partial charge in [-0.05, 0) is 42.1 Å². The van der Waals surface area contributed by atoms with E-state index in [0.717, 1.165) is 16.5 Å². The fraction of sp³-hybridized carbons (Fsp3) is 0.158. The van der Waals surface area contributed by atoms with Crippen molar-refractivity contribution in [3.63, 3.8) is 0 Å². The minimum atomic E-state index is -0.532. The van der Waals surface area contributed by atoms with Gasteiger partial charge in [0.2, 0.25) is 0 Å². The molecule has 24 heavy (non-hydrogen) atoms. The highest BCUT2D eigenvalue weighted by atomic mass is 16.5. The molecular formula is C19H17NO4. The van der Waals surface area contributed by atoms with E-state index >= 15 is 0 Å². The number of pyridine rings is 1. The summed E-state index contributed by atoms with van der Waals surface area (Å²) in [6.07, 6.45) is 0. The topological polar surface area (TPSA) is 68.4 Å². The van der Waals surface area contributed by atoms with Crippen LogP contribution in [0.5, 0.6) is 5.75 Å². The largest absolute Gasteiger partial charge is 0.496 e. The van der Waals surface area contributed by atoms with Gasteiger partial charge < -0.3 is 14.5 Å². The third-order valence-corrected chi connectivity index (χ3v) is 3.76. The first-order valence-corrected chi connectivity index (χ1v) is 7.51. The van der Waals surface area contributed by atoms with Gasteiger partial charge in [0, 0.05) is 5.52 Å². The van der Waals surface area contributed by atoms with Gasteiger partial charge in [0.25, 0.3) is 5.56 Å². The predicted octanol–water partition coefficient (Wildman–Crippen LogP) is 3.20. The number of aromatic amines is 1. The molecule has 0 aliphatic heterocycles. The van der Waals surface area contributed by atoms with Crippen LogP contribution < -0.4 is 10.3 Å². The molecule has 0 amide bonds. The number of nitrogens with one attached hydrogen (secondary N) is 1. The standard InChI is InChI=1S/C19H17NO4/c1-12-7-8-13-10-14(18(21)20-16(13)9-12)11-24-19(22)15-5-3-4-6-17(15)23-2/h3-10H,11H2,1-2H3,(H,20,21). The van der Waals surface area contributed by atoms with Gasteiger partial charge in [-0.1, -0.05) is 24.3 Å². The van der Waals surface area contributed by atoms with Crippen molar-refractivity contribution in [2.75, 3.05) is 7.11 Å². The molecule has 3 rings (SSSR count). The van der Waals surface area contributed by atoms with E-state index in [4.69, 9.17) is 9.47 Å². The molecule has 1 heterocycles. The Labute approximate surface area is 138 Å². The van der Waals surface area contributed by atoms with E-state index < -0.39 is 5.97 Å². The number of benzene rings is 2. The first-order chi connectivity index (χ1) is 11.6. The number of hydrogen-bond acceptors (Lipinski definition) is 4. The van der Waals surface area contributed by atoms with E-state index in [0.29, 0.717) is 16.9 Å². The van der Waals surface area contributed by atoms with Crippen molar-refractivity contribution < 1.29 is 14.3 Å². The number of methoxy groups -OCH3 is 1. The number of para-hydroxylation sites is 1. The summed E-state index contributed by atoms with van der Waals surface area (Å²) in [7, 11) is 1.49. The minimum absolute atomic E-state index is 0.101. The molecule has 0 saturated heterocycles. The smallest absolute Gasteiger partial charge is 0.342 e. The first kappa shape index (κ1) is 15.8. The normalized spacial score (nSPS) is 10.6. The van der Waals surface area contributed by atoms with Crippen LogP contribution in [-0.2, 0) is 11.3 Å². The quantitative estimate of drug-likeness (QED) is 0.749. The molecular weight excluding hydrogens is 306 g/mol. The summed E-state index contributed by atoms with van der Waals surface area (Å²) in [6.45, 7) is 1.86. The van der Waals surface area contributed by atoms with Crippen molar-refractivity contribution in [3.8, 4) is 5.75 Å². The fourth-order valence-electron chi connectivity index (χ4n) is 2.50. The number of hydrogen-bond donors (Lipinski definition) is 1. The molecule has 122 valence electrons. The summed E-state index contributed by atoms with van der Waals surface area (Å²) in [5.74, 6) is -0.0961. The van der Waals surface area contributed by atoms with Crippen LogP contribution in [0.15, 0.2) is 53.3 Å². The van der Waals surface area contributed by atoms with E-state index in [1.807, 2.05) is 25.1 Å². The summed E-state index contributed by atoms with van der Waals surface area (Å²) in [5, 5.41) is 0.892. The lowest BCUT2D eigenvalue weighted by Crippen LogP contribution is -2.16. The van der Waals surface area contributed by atoms with Crippen LogP contribution in [0.3, 0.4) is 0 Å². The Bertz CT molecular complexity index is 959. The Morgan fingerprint density at radius 2 is 1.92 bits per heavy atom. The van der Waals surface area contributed by atoms with Gasteiger partial charge in [-0.2, -0.15) is 0 Å². The highest BCUT2D eigenvalue weighted by Crippen LogP contribution is 2.19. The Balaban J connectivity index is 1.83. The Morgan fingerprint density at radius 1 is 1.12 bits per heavy atom. The monoisotopic (exact) mass is 323 g/mol. The van der Waals surface area contributed by atoms with Crippen LogP contribution in [0.4, 0.5) is 0 Å². The molecule has 0 aliphatic carbocycles. The zero-order valence-electron chi connectivity index (χ0n) is 13.5. The summed E-state index contributed by atoms with van der Waals surface area (Å²) < 4.78 is 10.4. The molecule has 0 saturated carbocycles. The van der Waals surface area contributed by atoms with Crippen molar-refractivity contribution in [2.45, 2.75) is 13.5 Å². The number of ether oxygens (including phenoxy) is 2. The number of carbonyl (C=O) groups excluding carboxylic acids is 1. The molecule has 5 nitrogen and oxygen atoms in total. The lowest BCUT2D eigenvalue weighted by Gasteiger charge is -2.09. The maximum atomic E-state index is 12.2. The summed E-state index contributed by atoms with van der Waals surface area (Å²) in [4.78, 5) is 27.2. The van der Waals surface area contributed by atoms with Crippen LogP contribution in [-0.4, -0.2) is 18.1 Å². The molecule has 5 heteroatoms. The van der Waals surface area contributed by atoms with Gasteiger partial charge in [-0.3, -0.25) is 4.79 Å². The van der Waals surface area contributed by atoms with Gasteiger partial charge in [0.05, 0.1) is 12.7 Å². The van der Waals surface area contributed by atoms with Crippen LogP contribution in [0.2, 0.25) is 0 Å². The molecule has 2 aromatic carbocycles. The van der Waals surface area contributed by atoms with Crippen molar-refractivity contribution in [3.05, 3.63) is 75.6 Å². The van der Waals surface area contributed by atoms with Crippen molar-refractivity contribution in [1.29, 1.82) is 0 Å². The van der Waals surface area contributed by atoms with Gasteiger partial charge in [-0.15, -0.1) is 0 Å². The van der Waals surface area contributed by atoms with E-state index in [1.54, 1.807) is 30.3 Å². The third-order valence-electron chi connectivity index (χ3n) is 3.76. The second kappa shape index (κ2) is 6.58. The van der Waals surface area contributed by atoms with Gasteiger partial charge in [0.1, 0.15) is 17.9 Å². The highest BCUT2D eigenvalue weighted by Gasteiger charge is 2.14. The van der Waals surface area contributed by atoms with Crippen LogP contribution in [0.1, 0.15) is 21.5 Å². The van der Waals surface area contributed by atoms with E-state index in [1.165, 1.54) is 7.11 Å². The van der Waals surface area contributed by atoms with E-state index in [2.05, 4.69) is 4.98 Å². The predicted molar refractivity (Wildman–Crippen MR) is 91.4 cm³/mol. The number of H-pyrrole nitrogens is 1. The third kappa shape index (κ3) is 3.15. The number of aryl methyl sites for hydroxylation is 1.